The zero-order chi connectivity index (χ0) is 23.9. The molecule has 1 aromatic carbocycles. The van der Waals surface area contributed by atoms with E-state index in [-0.39, 0.29) is 25.6 Å². The van der Waals surface area contributed by atoms with Crippen LogP contribution in [0.15, 0.2) is 30.6 Å². The van der Waals surface area contributed by atoms with E-state index in [1.165, 1.54) is 22.1 Å². The van der Waals surface area contributed by atoms with Gasteiger partial charge in [0.1, 0.15) is 18.5 Å². The Bertz CT molecular complexity index is 1120. The molecule has 2 fully saturated rings. The molecule has 0 N–H and O–H groups in total. The first-order valence-electron chi connectivity index (χ1n) is 11.1. The molecule has 4 heterocycles. The minimum atomic E-state index is -0.767. The molecular formula is C22H25FN6O5. The van der Waals surface area contributed by atoms with Gasteiger partial charge in [0.25, 0.3) is 5.91 Å². The van der Waals surface area contributed by atoms with Crippen molar-refractivity contribution in [3.05, 3.63) is 42.0 Å². The van der Waals surface area contributed by atoms with E-state index in [0.717, 1.165) is 5.57 Å². The van der Waals surface area contributed by atoms with Gasteiger partial charge in [0, 0.05) is 18.7 Å². The van der Waals surface area contributed by atoms with Crippen molar-refractivity contribution < 1.29 is 28.2 Å². The highest BCUT2D eigenvalue weighted by Gasteiger charge is 2.39. The van der Waals surface area contributed by atoms with Crippen molar-refractivity contribution in [1.29, 1.82) is 0 Å². The Balaban J connectivity index is 1.23. The molecule has 1 aromatic heterocycles. The van der Waals surface area contributed by atoms with Crippen molar-refractivity contribution in [2.24, 2.45) is 0 Å². The van der Waals surface area contributed by atoms with Crippen LogP contribution in [-0.4, -0.2) is 81.3 Å². The number of carbonyl (C=O) groups is 2. The summed E-state index contributed by atoms with van der Waals surface area (Å²) in [6, 6.07) is 4.68. The fourth-order valence-electron chi connectivity index (χ4n) is 4.34. The zero-order valence-corrected chi connectivity index (χ0v) is 18.9. The van der Waals surface area contributed by atoms with Crippen molar-refractivity contribution in [3.8, 4) is 0 Å². The van der Waals surface area contributed by atoms with Crippen molar-refractivity contribution in [1.82, 2.24) is 25.1 Å². The second-order valence-corrected chi connectivity index (χ2v) is 8.85. The first-order chi connectivity index (χ1) is 16.3. The standard InChI is InChI=1S/C22H25FN6O5/c1-22(2)32-12-19(34-22)20(30)27-7-5-14(6-8-27)17-4-3-15(9-18(17)23)28-10-16(33-21(28)31)11-29-25-13-24-26-29/h3-5,9,13,16,19H,6-8,10-12H2,1-2H3/t16?,19-/m0/s1. The lowest BCUT2D eigenvalue weighted by Crippen LogP contribution is -2.43. The van der Waals surface area contributed by atoms with E-state index in [0.29, 0.717) is 30.8 Å². The minimum Gasteiger partial charge on any atom is -0.442 e. The van der Waals surface area contributed by atoms with E-state index in [1.54, 1.807) is 30.9 Å². The molecular weight excluding hydrogens is 447 g/mol. The number of rotatable bonds is 5. The Morgan fingerprint density at radius 1 is 1.32 bits per heavy atom. The number of aromatic nitrogens is 4. The molecule has 0 saturated carbocycles. The predicted octanol–water partition coefficient (Wildman–Crippen LogP) is 1.60. The van der Waals surface area contributed by atoms with Gasteiger partial charge in [-0.3, -0.25) is 9.69 Å². The van der Waals surface area contributed by atoms with Gasteiger partial charge in [0.2, 0.25) is 0 Å². The maximum Gasteiger partial charge on any atom is 0.414 e. The average molecular weight is 472 g/mol. The first-order valence-corrected chi connectivity index (χ1v) is 11.1. The molecule has 0 aliphatic carbocycles. The summed E-state index contributed by atoms with van der Waals surface area (Å²) in [7, 11) is 0. The van der Waals surface area contributed by atoms with E-state index < -0.39 is 29.9 Å². The Morgan fingerprint density at radius 2 is 2.18 bits per heavy atom. The van der Waals surface area contributed by atoms with E-state index in [2.05, 4.69) is 15.4 Å². The Hall–Kier alpha value is -3.38. The second kappa shape index (κ2) is 8.76. The van der Waals surface area contributed by atoms with Gasteiger partial charge >= 0.3 is 6.09 Å². The summed E-state index contributed by atoms with van der Waals surface area (Å²) in [5, 5.41) is 11.3. The van der Waals surface area contributed by atoms with Gasteiger partial charge in [-0.2, -0.15) is 4.80 Å². The van der Waals surface area contributed by atoms with Crippen molar-refractivity contribution in [2.75, 3.05) is 31.1 Å². The van der Waals surface area contributed by atoms with Crippen LogP contribution in [0.1, 0.15) is 25.8 Å². The summed E-state index contributed by atoms with van der Waals surface area (Å²) in [4.78, 5) is 29.4. The first kappa shape index (κ1) is 22.4. The fourth-order valence-corrected chi connectivity index (χ4v) is 4.34. The number of halogens is 1. The number of nitrogens with zero attached hydrogens (tertiary/aromatic N) is 6. The van der Waals surface area contributed by atoms with E-state index in [9.17, 15) is 9.59 Å². The molecule has 5 rings (SSSR count). The Kier molecular flexibility index (Phi) is 5.78. The zero-order valence-electron chi connectivity index (χ0n) is 18.9. The molecule has 0 radical (unpaired) electrons. The molecule has 180 valence electrons. The molecule has 11 nitrogen and oxygen atoms in total. The van der Waals surface area contributed by atoms with Crippen LogP contribution in [0.25, 0.3) is 5.57 Å². The number of hydrogen-bond donors (Lipinski definition) is 0. The quantitative estimate of drug-likeness (QED) is 0.645. The molecule has 0 bridgehead atoms. The topological polar surface area (TPSA) is 112 Å². The van der Waals surface area contributed by atoms with Gasteiger partial charge in [-0.05, 0) is 49.3 Å². The van der Waals surface area contributed by atoms with Crippen LogP contribution in [0.5, 0.6) is 0 Å². The van der Waals surface area contributed by atoms with Crippen LogP contribution < -0.4 is 4.90 Å². The third kappa shape index (κ3) is 4.50. The van der Waals surface area contributed by atoms with E-state index in [4.69, 9.17) is 14.2 Å². The number of ether oxygens (including phenoxy) is 3. The van der Waals surface area contributed by atoms with Crippen LogP contribution in [0.4, 0.5) is 14.9 Å². The molecule has 3 aliphatic rings. The maximum absolute atomic E-state index is 15.0. The lowest BCUT2D eigenvalue weighted by molar-refractivity contribution is -0.159. The molecule has 34 heavy (non-hydrogen) atoms. The molecule has 0 spiro atoms. The number of amides is 2. The Labute approximate surface area is 195 Å². The van der Waals surface area contributed by atoms with Gasteiger partial charge in [0.15, 0.2) is 18.2 Å². The smallest absolute Gasteiger partial charge is 0.414 e. The number of anilines is 1. The molecule has 1 unspecified atom stereocenters. The second-order valence-electron chi connectivity index (χ2n) is 8.85. The van der Waals surface area contributed by atoms with Crippen LogP contribution >= 0.6 is 0 Å². The lowest BCUT2D eigenvalue weighted by Gasteiger charge is -2.29. The average Bonchev–Trinajstić information content (AvgIpc) is 3.54. The van der Waals surface area contributed by atoms with Crippen LogP contribution in [0.3, 0.4) is 0 Å². The number of carbonyl (C=O) groups excluding carboxylic acids is 2. The summed E-state index contributed by atoms with van der Waals surface area (Å²) in [5.41, 5.74) is 1.68. The molecule has 2 saturated heterocycles. The number of tetrazole rings is 1. The molecule has 2 aromatic rings. The highest BCUT2D eigenvalue weighted by molar-refractivity contribution is 5.90. The van der Waals surface area contributed by atoms with E-state index >= 15 is 4.39 Å². The van der Waals surface area contributed by atoms with E-state index in [1.807, 2.05) is 6.08 Å². The molecule has 3 aliphatic heterocycles. The van der Waals surface area contributed by atoms with Crippen LogP contribution in [-0.2, 0) is 25.5 Å². The molecule has 2 amide bonds. The third-order valence-corrected chi connectivity index (χ3v) is 6.05. The van der Waals surface area contributed by atoms with Gasteiger partial charge in [-0.15, -0.1) is 10.2 Å². The van der Waals surface area contributed by atoms with Crippen molar-refractivity contribution >= 4 is 23.3 Å². The maximum atomic E-state index is 15.0. The van der Waals surface area contributed by atoms with Crippen LogP contribution in [0.2, 0.25) is 0 Å². The summed E-state index contributed by atoms with van der Waals surface area (Å²) in [6.07, 6.45) is 2.03. The summed E-state index contributed by atoms with van der Waals surface area (Å²) in [6.45, 7) is 5.12. The SMILES string of the molecule is CC1(C)OC[C@@H](C(=O)N2CC=C(c3ccc(N4CC(Cn5ncnn5)OC4=O)cc3F)CC2)O1. The van der Waals surface area contributed by atoms with Gasteiger partial charge in [-0.25, -0.2) is 9.18 Å². The van der Waals surface area contributed by atoms with Crippen molar-refractivity contribution in [2.45, 2.75) is 44.8 Å². The predicted molar refractivity (Wildman–Crippen MR) is 116 cm³/mol. The monoisotopic (exact) mass is 472 g/mol. The van der Waals surface area contributed by atoms with Crippen molar-refractivity contribution in [3.63, 3.8) is 0 Å². The highest BCUT2D eigenvalue weighted by atomic mass is 19.1. The Morgan fingerprint density at radius 3 is 2.82 bits per heavy atom. The minimum absolute atomic E-state index is 0.125. The fraction of sp³-hybridized carbons (Fsp3) is 0.500. The number of benzene rings is 1. The summed E-state index contributed by atoms with van der Waals surface area (Å²) < 4.78 is 31.5. The molecule has 12 heteroatoms. The number of cyclic esters (lactones) is 1. The van der Waals surface area contributed by atoms with Gasteiger partial charge < -0.3 is 19.1 Å². The largest absolute Gasteiger partial charge is 0.442 e. The van der Waals surface area contributed by atoms with Gasteiger partial charge in [0.05, 0.1) is 18.8 Å². The molecule has 2 atom stereocenters. The highest BCUT2D eigenvalue weighted by Crippen LogP contribution is 2.31. The van der Waals surface area contributed by atoms with Crippen LogP contribution in [0, 0.1) is 5.82 Å². The number of hydrogen-bond acceptors (Lipinski definition) is 8. The van der Waals surface area contributed by atoms with Gasteiger partial charge in [-0.1, -0.05) is 6.08 Å². The summed E-state index contributed by atoms with van der Waals surface area (Å²) >= 11 is 0. The normalized spacial score (nSPS) is 24.3. The lowest BCUT2D eigenvalue weighted by atomic mass is 9.98. The third-order valence-electron chi connectivity index (χ3n) is 6.05. The summed E-state index contributed by atoms with van der Waals surface area (Å²) in [5.74, 6) is -1.33.